The van der Waals surface area contributed by atoms with E-state index in [4.69, 9.17) is 16.6 Å². The molecule has 3 aromatic rings. The van der Waals surface area contributed by atoms with Crippen LogP contribution in [0.4, 0.5) is 10.1 Å². The molecule has 2 N–H and O–H groups in total. The first-order valence-corrected chi connectivity index (χ1v) is 11.1. The van der Waals surface area contributed by atoms with Crippen molar-refractivity contribution in [3.05, 3.63) is 105 Å². The van der Waals surface area contributed by atoms with Gasteiger partial charge in [0.2, 0.25) is 0 Å². The van der Waals surface area contributed by atoms with E-state index >= 15 is 0 Å². The van der Waals surface area contributed by atoms with Crippen molar-refractivity contribution in [3.63, 3.8) is 0 Å². The van der Waals surface area contributed by atoms with E-state index in [0.717, 1.165) is 28.1 Å². The number of guanidine groups is 1. The first-order chi connectivity index (χ1) is 15.9. The highest BCUT2D eigenvalue weighted by atomic mass is 35.5. The molecule has 1 aliphatic rings. The van der Waals surface area contributed by atoms with Gasteiger partial charge in [-0.15, -0.1) is 0 Å². The SMILES string of the molecule is CN=C(NC1=C(C)CN=C(c2ccccc2F)c2cc(Cl)ccc21)Nc1cc(C)cc(C)c1. The van der Waals surface area contributed by atoms with Crippen LogP contribution in [-0.4, -0.2) is 25.3 Å². The highest BCUT2D eigenvalue weighted by molar-refractivity contribution is 6.31. The molecule has 0 aromatic heterocycles. The first kappa shape index (κ1) is 22.7. The number of aryl methyl sites for hydroxylation is 2. The number of hydrogen-bond donors (Lipinski definition) is 2. The molecule has 3 aromatic carbocycles. The molecule has 4 nitrogen and oxygen atoms in total. The highest BCUT2D eigenvalue weighted by Gasteiger charge is 2.22. The fourth-order valence-electron chi connectivity index (χ4n) is 4.02. The largest absolute Gasteiger partial charge is 0.326 e. The maximum Gasteiger partial charge on any atom is 0.200 e. The third kappa shape index (κ3) is 4.99. The van der Waals surface area contributed by atoms with Gasteiger partial charge in [-0.3, -0.25) is 9.98 Å². The van der Waals surface area contributed by atoms with Crippen LogP contribution in [0, 0.1) is 19.7 Å². The summed E-state index contributed by atoms with van der Waals surface area (Å²) in [5.74, 6) is 0.285. The maximum absolute atomic E-state index is 14.7. The number of nitrogens with one attached hydrogen (secondary N) is 2. The van der Waals surface area contributed by atoms with Crippen molar-refractivity contribution in [1.82, 2.24) is 5.32 Å². The molecule has 1 heterocycles. The number of nitrogens with zero attached hydrogens (tertiary/aromatic N) is 2. The van der Waals surface area contributed by atoms with Crippen LogP contribution in [0.3, 0.4) is 0 Å². The van der Waals surface area contributed by atoms with Crippen molar-refractivity contribution in [1.29, 1.82) is 0 Å². The third-order valence-electron chi connectivity index (χ3n) is 5.49. The van der Waals surface area contributed by atoms with Crippen molar-refractivity contribution in [2.24, 2.45) is 9.98 Å². The Morgan fingerprint density at radius 2 is 1.64 bits per heavy atom. The number of hydrogen-bond acceptors (Lipinski definition) is 2. The predicted octanol–water partition coefficient (Wildman–Crippen LogP) is 6.37. The Kier molecular flexibility index (Phi) is 6.61. The molecule has 0 saturated carbocycles. The second-order valence-corrected chi connectivity index (χ2v) is 8.62. The average molecular weight is 461 g/mol. The molecule has 0 atom stereocenters. The second kappa shape index (κ2) is 9.59. The number of rotatable bonds is 3. The predicted molar refractivity (Wildman–Crippen MR) is 137 cm³/mol. The molecule has 6 heteroatoms. The molecule has 0 fully saturated rings. The summed E-state index contributed by atoms with van der Waals surface area (Å²) in [5, 5.41) is 7.39. The summed E-state index contributed by atoms with van der Waals surface area (Å²) in [4.78, 5) is 9.19. The molecule has 168 valence electrons. The normalized spacial score (nSPS) is 13.9. The van der Waals surface area contributed by atoms with E-state index in [-0.39, 0.29) is 5.82 Å². The lowest BCUT2D eigenvalue weighted by molar-refractivity contribution is 0.625. The number of aliphatic imine (C=N–C) groups is 2. The average Bonchev–Trinajstić information content (AvgIpc) is 2.89. The molecule has 0 amide bonds. The van der Waals surface area contributed by atoms with Crippen molar-refractivity contribution >= 4 is 34.7 Å². The van der Waals surface area contributed by atoms with Crippen LogP contribution in [0.15, 0.2) is 76.2 Å². The molecular formula is C27H26ClFN4. The molecular weight excluding hydrogens is 435 g/mol. The zero-order valence-corrected chi connectivity index (χ0v) is 19.9. The lowest BCUT2D eigenvalue weighted by atomic mass is 9.95. The van der Waals surface area contributed by atoms with Crippen LogP contribution >= 0.6 is 11.6 Å². The molecule has 0 bridgehead atoms. The molecule has 4 rings (SSSR count). The van der Waals surface area contributed by atoms with Crippen LogP contribution in [0.5, 0.6) is 0 Å². The molecule has 0 unspecified atom stereocenters. The van der Waals surface area contributed by atoms with Crippen LogP contribution in [-0.2, 0) is 0 Å². The first-order valence-electron chi connectivity index (χ1n) is 10.7. The Hall–Kier alpha value is -3.44. The number of fused-ring (bicyclic) bond motifs is 1. The summed E-state index contributed by atoms with van der Waals surface area (Å²) in [6, 6.07) is 18.6. The fraction of sp³-hybridized carbons (Fsp3) is 0.185. The quantitative estimate of drug-likeness (QED) is 0.352. The van der Waals surface area contributed by atoms with Gasteiger partial charge in [0.05, 0.1) is 12.3 Å². The van der Waals surface area contributed by atoms with Gasteiger partial charge in [0.25, 0.3) is 0 Å². The van der Waals surface area contributed by atoms with Crippen LogP contribution in [0.2, 0.25) is 5.02 Å². The monoisotopic (exact) mass is 460 g/mol. The fourth-order valence-corrected chi connectivity index (χ4v) is 4.20. The van der Waals surface area contributed by atoms with Crippen molar-refractivity contribution in [2.75, 3.05) is 18.9 Å². The molecule has 0 radical (unpaired) electrons. The van der Waals surface area contributed by atoms with Crippen molar-refractivity contribution < 1.29 is 4.39 Å². The van der Waals surface area contributed by atoms with Gasteiger partial charge in [-0.1, -0.05) is 35.9 Å². The minimum absolute atomic E-state index is 0.316. The minimum atomic E-state index is -0.316. The zero-order valence-electron chi connectivity index (χ0n) is 19.1. The van der Waals surface area contributed by atoms with Gasteiger partial charge < -0.3 is 10.6 Å². The molecule has 33 heavy (non-hydrogen) atoms. The van der Waals surface area contributed by atoms with Gasteiger partial charge >= 0.3 is 0 Å². The van der Waals surface area contributed by atoms with E-state index in [0.29, 0.717) is 28.8 Å². The minimum Gasteiger partial charge on any atom is -0.326 e. The van der Waals surface area contributed by atoms with Gasteiger partial charge in [0.1, 0.15) is 5.82 Å². The van der Waals surface area contributed by atoms with Crippen LogP contribution < -0.4 is 10.6 Å². The molecule has 0 saturated heterocycles. The standard InChI is InChI=1S/C27H26ClFN4/c1-16-11-17(2)13-20(12-16)32-27(30-4)33-25-18(3)15-31-26(22-7-5-6-8-24(22)29)23-14-19(28)9-10-21(23)25/h5-14H,15H2,1-4H3,(H2,30,32,33). The van der Waals surface area contributed by atoms with E-state index in [2.05, 4.69) is 47.7 Å². The van der Waals surface area contributed by atoms with E-state index in [1.54, 1.807) is 19.2 Å². The highest BCUT2D eigenvalue weighted by Crippen LogP contribution is 2.30. The van der Waals surface area contributed by atoms with Crippen molar-refractivity contribution in [3.8, 4) is 0 Å². The van der Waals surface area contributed by atoms with Gasteiger partial charge in [0, 0.05) is 40.1 Å². The molecule has 1 aliphatic heterocycles. The number of anilines is 1. The van der Waals surface area contributed by atoms with E-state index < -0.39 is 0 Å². The van der Waals surface area contributed by atoms with Gasteiger partial charge in [-0.05, 0) is 73.9 Å². The Morgan fingerprint density at radius 3 is 2.33 bits per heavy atom. The van der Waals surface area contributed by atoms with Gasteiger partial charge in [-0.2, -0.15) is 0 Å². The number of benzene rings is 3. The lowest BCUT2D eigenvalue weighted by Crippen LogP contribution is -2.30. The molecule has 0 spiro atoms. The van der Waals surface area contributed by atoms with E-state index in [9.17, 15) is 4.39 Å². The van der Waals surface area contributed by atoms with Crippen LogP contribution in [0.1, 0.15) is 34.7 Å². The summed E-state index contributed by atoms with van der Waals surface area (Å²) in [7, 11) is 1.73. The molecule has 0 aliphatic carbocycles. The summed E-state index contributed by atoms with van der Waals surface area (Å²) in [5.41, 5.74) is 7.86. The van der Waals surface area contributed by atoms with E-state index in [1.165, 1.54) is 17.2 Å². The summed E-state index contributed by atoms with van der Waals surface area (Å²) in [6.07, 6.45) is 0. The van der Waals surface area contributed by atoms with Crippen molar-refractivity contribution in [2.45, 2.75) is 20.8 Å². The second-order valence-electron chi connectivity index (χ2n) is 8.19. The lowest BCUT2D eigenvalue weighted by Gasteiger charge is -2.19. The topological polar surface area (TPSA) is 48.8 Å². The Labute approximate surface area is 198 Å². The Morgan fingerprint density at radius 1 is 0.909 bits per heavy atom. The van der Waals surface area contributed by atoms with Crippen LogP contribution in [0.25, 0.3) is 5.70 Å². The Bertz CT molecular complexity index is 1290. The smallest absolute Gasteiger partial charge is 0.200 e. The maximum atomic E-state index is 14.7. The summed E-state index contributed by atoms with van der Waals surface area (Å²) in [6.45, 7) is 6.55. The summed E-state index contributed by atoms with van der Waals surface area (Å²) >= 11 is 6.36. The van der Waals surface area contributed by atoms with Gasteiger partial charge in [-0.25, -0.2) is 4.39 Å². The zero-order chi connectivity index (χ0) is 23.5. The Balaban J connectivity index is 1.74. The van der Waals surface area contributed by atoms with Gasteiger partial charge in [0.15, 0.2) is 5.96 Å². The third-order valence-corrected chi connectivity index (χ3v) is 5.72. The summed E-state index contributed by atoms with van der Waals surface area (Å²) < 4.78 is 14.7. The number of halogens is 2. The van der Waals surface area contributed by atoms with E-state index in [1.807, 2.05) is 31.2 Å².